The minimum absolute atomic E-state index is 0.618. The molecule has 3 nitrogen and oxygen atoms in total. The fraction of sp³-hybridized carbons (Fsp3) is 0.333. The molecule has 1 aromatic carbocycles. The van der Waals surface area contributed by atoms with E-state index in [9.17, 15) is 0 Å². The van der Waals surface area contributed by atoms with Gasteiger partial charge in [-0.3, -0.25) is 0 Å². The highest BCUT2D eigenvalue weighted by molar-refractivity contribution is 5.66. The Morgan fingerprint density at radius 2 is 2.17 bits per heavy atom. The second-order valence-electron chi connectivity index (χ2n) is 2.81. The molecule has 0 radical (unpaired) electrons. The van der Waals surface area contributed by atoms with Crippen molar-refractivity contribution in [2.24, 2.45) is 5.73 Å². The van der Waals surface area contributed by atoms with Crippen molar-refractivity contribution in [1.82, 2.24) is 0 Å². The van der Waals surface area contributed by atoms with E-state index in [0.717, 1.165) is 17.9 Å². The lowest BCUT2D eigenvalue weighted by Crippen LogP contribution is -2.14. The van der Waals surface area contributed by atoms with Crippen LogP contribution in [0.3, 0.4) is 0 Å². The molecule has 0 fully saturated rings. The third kappa shape index (κ3) is 2.13. The van der Waals surface area contributed by atoms with Crippen molar-refractivity contribution >= 4 is 11.4 Å². The predicted octanol–water partition coefficient (Wildman–Crippen LogP) is 0.948. The van der Waals surface area contributed by atoms with Gasteiger partial charge in [0, 0.05) is 13.1 Å². The van der Waals surface area contributed by atoms with Crippen LogP contribution in [0.4, 0.5) is 11.4 Å². The maximum atomic E-state index is 5.73. The molecule has 5 N–H and O–H groups in total. The van der Waals surface area contributed by atoms with Gasteiger partial charge in [-0.15, -0.1) is 0 Å². The van der Waals surface area contributed by atoms with Gasteiger partial charge >= 0.3 is 0 Å². The van der Waals surface area contributed by atoms with Crippen molar-refractivity contribution in [2.75, 3.05) is 24.1 Å². The third-order valence-electron chi connectivity index (χ3n) is 1.67. The van der Waals surface area contributed by atoms with Crippen LogP contribution in [0.15, 0.2) is 18.2 Å². The molecule has 0 spiro atoms. The van der Waals surface area contributed by atoms with Crippen LogP contribution in [0.25, 0.3) is 0 Å². The first-order valence-corrected chi connectivity index (χ1v) is 4.04. The van der Waals surface area contributed by atoms with Gasteiger partial charge in [-0.05, 0) is 24.6 Å². The molecule has 0 bridgehead atoms. The first kappa shape index (κ1) is 8.87. The maximum absolute atomic E-state index is 5.73. The number of aryl methyl sites for hydroxylation is 1. The zero-order valence-corrected chi connectivity index (χ0v) is 7.30. The third-order valence-corrected chi connectivity index (χ3v) is 1.67. The maximum Gasteiger partial charge on any atom is 0.0577 e. The summed E-state index contributed by atoms with van der Waals surface area (Å²) in [4.78, 5) is 0. The predicted molar refractivity (Wildman–Crippen MR) is 53.1 cm³/mol. The van der Waals surface area contributed by atoms with E-state index < -0.39 is 0 Å². The van der Waals surface area contributed by atoms with Crippen molar-refractivity contribution in [3.63, 3.8) is 0 Å². The molecule has 0 aliphatic rings. The summed E-state index contributed by atoms with van der Waals surface area (Å²) in [7, 11) is 0. The number of benzene rings is 1. The summed E-state index contributed by atoms with van der Waals surface area (Å²) in [6, 6.07) is 5.90. The lowest BCUT2D eigenvalue weighted by atomic mass is 10.2. The van der Waals surface area contributed by atoms with E-state index >= 15 is 0 Å². The van der Waals surface area contributed by atoms with Gasteiger partial charge in [-0.25, -0.2) is 0 Å². The molecule has 12 heavy (non-hydrogen) atoms. The highest BCUT2D eigenvalue weighted by Crippen LogP contribution is 2.18. The van der Waals surface area contributed by atoms with E-state index in [1.165, 1.54) is 5.56 Å². The minimum atomic E-state index is 0.618. The highest BCUT2D eigenvalue weighted by Gasteiger charge is 1.96. The largest absolute Gasteiger partial charge is 0.397 e. The van der Waals surface area contributed by atoms with Crippen molar-refractivity contribution in [3.8, 4) is 0 Å². The average Bonchev–Trinajstić information content (AvgIpc) is 2.07. The first-order chi connectivity index (χ1) is 5.74. The van der Waals surface area contributed by atoms with Gasteiger partial charge in [-0.1, -0.05) is 6.07 Å². The van der Waals surface area contributed by atoms with E-state index in [4.69, 9.17) is 11.5 Å². The van der Waals surface area contributed by atoms with Crippen molar-refractivity contribution in [1.29, 1.82) is 0 Å². The topological polar surface area (TPSA) is 64.1 Å². The normalized spacial score (nSPS) is 9.83. The van der Waals surface area contributed by atoms with Gasteiger partial charge in [0.2, 0.25) is 0 Å². The highest BCUT2D eigenvalue weighted by atomic mass is 14.9. The van der Waals surface area contributed by atoms with Crippen LogP contribution in [0.1, 0.15) is 5.56 Å². The summed E-state index contributed by atoms with van der Waals surface area (Å²) in [6.45, 7) is 3.41. The van der Waals surface area contributed by atoms with Crippen LogP contribution >= 0.6 is 0 Å². The van der Waals surface area contributed by atoms with Crippen LogP contribution in [-0.2, 0) is 0 Å². The van der Waals surface area contributed by atoms with E-state index in [2.05, 4.69) is 5.32 Å². The molecule has 1 rings (SSSR count). The molecular weight excluding hydrogens is 150 g/mol. The van der Waals surface area contributed by atoms with Gasteiger partial charge in [0.05, 0.1) is 11.4 Å². The number of hydrogen-bond acceptors (Lipinski definition) is 3. The van der Waals surface area contributed by atoms with Gasteiger partial charge < -0.3 is 16.8 Å². The van der Waals surface area contributed by atoms with Crippen LogP contribution in [0, 0.1) is 6.92 Å². The Bertz CT molecular complexity index is 258. The number of nitrogens with two attached hydrogens (primary N) is 2. The summed E-state index contributed by atoms with van der Waals surface area (Å²) < 4.78 is 0. The molecule has 3 heteroatoms. The number of nitrogen functional groups attached to an aromatic ring is 1. The molecule has 0 saturated carbocycles. The molecule has 1 aromatic rings. The molecule has 0 aromatic heterocycles. The van der Waals surface area contributed by atoms with Gasteiger partial charge in [-0.2, -0.15) is 0 Å². The number of nitrogens with one attached hydrogen (secondary N) is 1. The van der Waals surface area contributed by atoms with Crippen molar-refractivity contribution in [3.05, 3.63) is 23.8 Å². The molecule has 66 valence electrons. The van der Waals surface area contributed by atoms with Crippen LogP contribution in [0.2, 0.25) is 0 Å². The lowest BCUT2D eigenvalue weighted by Gasteiger charge is -2.08. The van der Waals surface area contributed by atoms with Crippen LogP contribution in [-0.4, -0.2) is 13.1 Å². The molecule has 0 aliphatic heterocycles. The fourth-order valence-corrected chi connectivity index (χ4v) is 1.03. The molecule has 0 unspecified atom stereocenters. The smallest absolute Gasteiger partial charge is 0.0577 e. The van der Waals surface area contributed by atoms with Crippen molar-refractivity contribution < 1.29 is 0 Å². The second-order valence-corrected chi connectivity index (χ2v) is 2.81. The van der Waals surface area contributed by atoms with Crippen LogP contribution in [0.5, 0.6) is 0 Å². The zero-order valence-electron chi connectivity index (χ0n) is 7.30. The summed E-state index contributed by atoms with van der Waals surface area (Å²) in [5, 5.41) is 3.15. The molecular formula is C9H15N3. The van der Waals surface area contributed by atoms with E-state index in [0.29, 0.717) is 6.54 Å². The Hall–Kier alpha value is -1.22. The van der Waals surface area contributed by atoms with Crippen LogP contribution < -0.4 is 16.8 Å². The number of hydrogen-bond donors (Lipinski definition) is 3. The second kappa shape index (κ2) is 3.97. The van der Waals surface area contributed by atoms with E-state index in [-0.39, 0.29) is 0 Å². The van der Waals surface area contributed by atoms with E-state index in [1.807, 2.05) is 25.1 Å². The monoisotopic (exact) mass is 165 g/mol. The summed E-state index contributed by atoms with van der Waals surface area (Å²) in [5.41, 5.74) is 14.0. The quantitative estimate of drug-likeness (QED) is 0.584. The van der Waals surface area contributed by atoms with Gasteiger partial charge in [0.1, 0.15) is 0 Å². The Labute approximate surface area is 72.8 Å². The molecule has 0 aliphatic carbocycles. The lowest BCUT2D eigenvalue weighted by molar-refractivity contribution is 1.02. The van der Waals surface area contributed by atoms with E-state index in [1.54, 1.807) is 0 Å². The Morgan fingerprint density at radius 1 is 1.42 bits per heavy atom. The van der Waals surface area contributed by atoms with Crippen molar-refractivity contribution in [2.45, 2.75) is 6.92 Å². The molecule has 0 heterocycles. The van der Waals surface area contributed by atoms with Gasteiger partial charge in [0.25, 0.3) is 0 Å². The number of anilines is 2. The first-order valence-electron chi connectivity index (χ1n) is 4.04. The van der Waals surface area contributed by atoms with Gasteiger partial charge in [0.15, 0.2) is 0 Å². The fourth-order valence-electron chi connectivity index (χ4n) is 1.03. The summed E-state index contributed by atoms with van der Waals surface area (Å²) >= 11 is 0. The molecule has 0 saturated heterocycles. The summed E-state index contributed by atoms with van der Waals surface area (Å²) in [5.74, 6) is 0. The SMILES string of the molecule is Cc1ccc(N)c(NCCN)c1. The molecule has 0 atom stereocenters. The number of rotatable bonds is 3. The average molecular weight is 165 g/mol. The standard InChI is InChI=1S/C9H15N3/c1-7-2-3-8(11)9(6-7)12-5-4-10/h2-3,6,12H,4-5,10-11H2,1H3. The Balaban J connectivity index is 2.75. The Morgan fingerprint density at radius 3 is 2.83 bits per heavy atom. The Kier molecular flexibility index (Phi) is 2.94. The molecule has 0 amide bonds. The zero-order chi connectivity index (χ0) is 8.97. The minimum Gasteiger partial charge on any atom is -0.397 e. The summed E-state index contributed by atoms with van der Waals surface area (Å²) in [6.07, 6.45) is 0.